The quantitative estimate of drug-likeness (QED) is 0.474. The van der Waals surface area contributed by atoms with Crippen molar-refractivity contribution in [3.8, 4) is 11.1 Å². The van der Waals surface area contributed by atoms with E-state index < -0.39 is 23.6 Å². The molecule has 0 unspecified atom stereocenters. The Kier molecular flexibility index (Phi) is 7.17. The minimum Gasteiger partial charge on any atom is -0.479 e. The summed E-state index contributed by atoms with van der Waals surface area (Å²) >= 11 is 0. The second kappa shape index (κ2) is 10.3. The normalized spacial score (nSPS) is 17.2. The number of carboxylic acid groups (broad SMARTS) is 1. The summed E-state index contributed by atoms with van der Waals surface area (Å²) in [7, 11) is 0. The van der Waals surface area contributed by atoms with Crippen LogP contribution in [0.5, 0.6) is 0 Å². The number of amides is 2. The number of nitrogens with one attached hydrogen (secondary N) is 2. The van der Waals surface area contributed by atoms with Gasteiger partial charge < -0.3 is 25.6 Å². The summed E-state index contributed by atoms with van der Waals surface area (Å²) in [4.78, 5) is 36.3. The molecule has 4 rings (SSSR count). The van der Waals surface area contributed by atoms with E-state index in [1.807, 2.05) is 36.4 Å². The average molecular weight is 467 g/mol. The van der Waals surface area contributed by atoms with Crippen molar-refractivity contribution in [2.24, 2.45) is 5.41 Å². The van der Waals surface area contributed by atoms with Crippen LogP contribution in [0, 0.1) is 5.41 Å². The zero-order chi connectivity index (χ0) is 24.1. The maximum atomic E-state index is 12.9. The smallest absolute Gasteiger partial charge is 0.407 e. The Labute approximate surface area is 198 Å². The maximum absolute atomic E-state index is 12.9. The molecule has 1 atom stereocenters. The van der Waals surface area contributed by atoms with E-state index in [4.69, 9.17) is 9.84 Å². The van der Waals surface area contributed by atoms with Gasteiger partial charge in [0.15, 0.2) is 6.10 Å². The zero-order valence-electron chi connectivity index (χ0n) is 19.0. The van der Waals surface area contributed by atoms with Gasteiger partial charge in [0.2, 0.25) is 5.91 Å². The van der Waals surface area contributed by atoms with Crippen molar-refractivity contribution in [3.05, 3.63) is 59.7 Å². The van der Waals surface area contributed by atoms with E-state index in [-0.39, 0.29) is 31.5 Å². The lowest BCUT2D eigenvalue weighted by Gasteiger charge is -2.36. The molecule has 180 valence electrons. The highest BCUT2D eigenvalue weighted by atomic mass is 16.5. The van der Waals surface area contributed by atoms with Gasteiger partial charge >= 0.3 is 12.1 Å². The summed E-state index contributed by atoms with van der Waals surface area (Å²) in [5, 5.41) is 23.6. The Morgan fingerprint density at radius 3 is 2.12 bits per heavy atom. The molecule has 4 N–H and O–H groups in total. The van der Waals surface area contributed by atoms with Gasteiger partial charge in [-0.1, -0.05) is 67.8 Å². The molecular weight excluding hydrogens is 436 g/mol. The first-order valence-electron chi connectivity index (χ1n) is 11.7. The van der Waals surface area contributed by atoms with E-state index in [9.17, 15) is 19.5 Å². The summed E-state index contributed by atoms with van der Waals surface area (Å²) in [6.07, 6.45) is 1.56. The third-order valence-corrected chi connectivity index (χ3v) is 6.95. The van der Waals surface area contributed by atoms with Crippen LogP contribution < -0.4 is 10.6 Å². The molecule has 0 heterocycles. The van der Waals surface area contributed by atoms with E-state index >= 15 is 0 Å². The fourth-order valence-corrected chi connectivity index (χ4v) is 5.07. The molecule has 34 heavy (non-hydrogen) atoms. The number of hydrogen-bond donors (Lipinski definition) is 4. The largest absolute Gasteiger partial charge is 0.479 e. The van der Waals surface area contributed by atoms with Crippen LogP contribution in [0.15, 0.2) is 48.5 Å². The average Bonchev–Trinajstić information content (AvgIpc) is 3.18. The highest BCUT2D eigenvalue weighted by Gasteiger charge is 2.40. The minimum absolute atomic E-state index is 0.0532. The molecule has 2 aromatic rings. The fraction of sp³-hybridized carbons (Fsp3) is 0.423. The second-order valence-electron chi connectivity index (χ2n) is 9.08. The summed E-state index contributed by atoms with van der Waals surface area (Å²) in [6, 6.07) is 16.2. The van der Waals surface area contributed by atoms with E-state index in [0.29, 0.717) is 12.8 Å². The van der Waals surface area contributed by atoms with Crippen LogP contribution in [0.25, 0.3) is 11.1 Å². The van der Waals surface area contributed by atoms with Crippen LogP contribution in [0.2, 0.25) is 0 Å². The van der Waals surface area contributed by atoms with Crippen molar-refractivity contribution in [3.63, 3.8) is 0 Å². The number of carboxylic acids is 1. The third-order valence-electron chi connectivity index (χ3n) is 6.95. The van der Waals surface area contributed by atoms with Gasteiger partial charge in [-0.2, -0.15) is 0 Å². The first kappa shape index (κ1) is 23.8. The molecule has 2 aliphatic rings. The van der Waals surface area contributed by atoms with E-state index in [1.165, 1.54) is 0 Å². The number of aliphatic carboxylic acids is 1. The number of aliphatic hydroxyl groups excluding tert-OH is 1. The Hall–Kier alpha value is -3.39. The standard InChI is InChI=1S/C26H30N2O6/c29-22(23(30)31)14-27-24(32)26(12-6-1-7-13-26)16-28-25(33)34-15-21-19-10-4-2-8-17(19)18-9-3-5-11-20(18)21/h2-5,8-11,21-22,29H,1,6-7,12-16H2,(H,27,32)(H,28,33)(H,30,31)/t22-/m0/s1. The maximum Gasteiger partial charge on any atom is 0.407 e. The van der Waals surface area contributed by atoms with Gasteiger partial charge in [0, 0.05) is 12.5 Å². The predicted octanol–water partition coefficient (Wildman–Crippen LogP) is 3.04. The number of carbonyl (C=O) groups excluding carboxylic acids is 2. The number of hydrogen-bond acceptors (Lipinski definition) is 5. The lowest BCUT2D eigenvalue weighted by molar-refractivity contribution is -0.146. The van der Waals surface area contributed by atoms with Crippen molar-refractivity contribution in [2.75, 3.05) is 19.7 Å². The summed E-state index contributed by atoms with van der Waals surface area (Å²) in [6.45, 7) is -0.0939. The molecule has 8 heteroatoms. The number of benzene rings is 2. The van der Waals surface area contributed by atoms with Crippen LogP contribution >= 0.6 is 0 Å². The van der Waals surface area contributed by atoms with E-state index in [2.05, 4.69) is 22.8 Å². The van der Waals surface area contributed by atoms with Crippen LogP contribution in [0.3, 0.4) is 0 Å². The highest BCUT2D eigenvalue weighted by Crippen LogP contribution is 2.44. The van der Waals surface area contributed by atoms with Gasteiger partial charge in [-0.05, 0) is 35.1 Å². The molecule has 1 fully saturated rings. The molecule has 0 aliphatic heterocycles. The third kappa shape index (κ3) is 4.92. The van der Waals surface area contributed by atoms with Crippen LogP contribution in [-0.2, 0) is 14.3 Å². The summed E-state index contributed by atoms with van der Waals surface area (Å²) in [5.74, 6) is -1.80. The number of aliphatic hydroxyl groups is 1. The fourth-order valence-electron chi connectivity index (χ4n) is 5.07. The SMILES string of the molecule is O=C(NCC1(C(=O)NC[C@H](O)C(=O)O)CCCCC1)OCC1c2ccccc2-c2ccccc21. The lowest BCUT2D eigenvalue weighted by atomic mass is 9.73. The number of alkyl carbamates (subject to hydrolysis) is 1. The zero-order valence-corrected chi connectivity index (χ0v) is 19.0. The lowest BCUT2D eigenvalue weighted by Crippen LogP contribution is -2.51. The van der Waals surface area contributed by atoms with Crippen molar-refractivity contribution in [1.82, 2.24) is 10.6 Å². The molecule has 0 radical (unpaired) electrons. The van der Waals surface area contributed by atoms with Gasteiger partial charge in [0.05, 0.1) is 12.0 Å². The first-order valence-corrected chi connectivity index (χ1v) is 11.7. The highest BCUT2D eigenvalue weighted by molar-refractivity contribution is 5.84. The topological polar surface area (TPSA) is 125 Å². The van der Waals surface area contributed by atoms with Gasteiger partial charge in [-0.15, -0.1) is 0 Å². The monoisotopic (exact) mass is 466 g/mol. The number of fused-ring (bicyclic) bond motifs is 3. The molecule has 2 amide bonds. The summed E-state index contributed by atoms with van der Waals surface area (Å²) in [5.41, 5.74) is 3.69. The molecule has 8 nitrogen and oxygen atoms in total. The molecule has 2 aliphatic carbocycles. The van der Waals surface area contributed by atoms with Crippen molar-refractivity contribution < 1.29 is 29.3 Å². The molecule has 2 aromatic carbocycles. The van der Waals surface area contributed by atoms with Crippen molar-refractivity contribution in [2.45, 2.75) is 44.1 Å². The summed E-state index contributed by atoms with van der Waals surface area (Å²) < 4.78 is 5.59. The van der Waals surface area contributed by atoms with E-state index in [1.54, 1.807) is 0 Å². The number of rotatable bonds is 8. The molecule has 0 spiro atoms. The molecule has 0 bridgehead atoms. The van der Waals surface area contributed by atoms with Gasteiger partial charge in [-0.25, -0.2) is 9.59 Å². The predicted molar refractivity (Wildman–Crippen MR) is 125 cm³/mol. The molecule has 0 saturated heterocycles. The van der Waals surface area contributed by atoms with E-state index in [0.717, 1.165) is 41.5 Å². The van der Waals surface area contributed by atoms with Gasteiger partial charge in [0.25, 0.3) is 0 Å². The molecular formula is C26H30N2O6. The Morgan fingerprint density at radius 2 is 1.53 bits per heavy atom. The second-order valence-corrected chi connectivity index (χ2v) is 9.08. The van der Waals surface area contributed by atoms with Crippen molar-refractivity contribution in [1.29, 1.82) is 0 Å². The molecule has 0 aromatic heterocycles. The van der Waals surface area contributed by atoms with Crippen molar-refractivity contribution >= 4 is 18.0 Å². The number of ether oxygens (including phenoxy) is 1. The molecule has 1 saturated carbocycles. The van der Waals surface area contributed by atoms with Crippen LogP contribution in [0.4, 0.5) is 4.79 Å². The Bertz CT molecular complexity index is 1020. The van der Waals surface area contributed by atoms with Gasteiger partial charge in [0.1, 0.15) is 6.61 Å². The Balaban J connectivity index is 1.37. The Morgan fingerprint density at radius 1 is 0.941 bits per heavy atom. The number of carbonyl (C=O) groups is 3. The van der Waals surface area contributed by atoms with Gasteiger partial charge in [-0.3, -0.25) is 4.79 Å². The van der Waals surface area contributed by atoms with Crippen LogP contribution in [0.1, 0.15) is 49.1 Å². The van der Waals surface area contributed by atoms with Crippen LogP contribution in [-0.4, -0.2) is 54.0 Å². The first-order chi connectivity index (χ1) is 16.4. The minimum atomic E-state index is -1.67.